The Kier molecular flexibility index (Phi) is 6.31. The molecular formula is C20H30N6O2. The molecule has 6 N–H and O–H groups in total. The minimum absolute atomic E-state index is 0.0528. The van der Waals surface area contributed by atoms with Crippen LogP contribution in [0, 0.1) is 28.9 Å². The highest BCUT2D eigenvalue weighted by atomic mass is 16.6. The van der Waals surface area contributed by atoms with Crippen molar-refractivity contribution in [2.24, 2.45) is 28.3 Å². The summed E-state index contributed by atoms with van der Waals surface area (Å²) >= 11 is 0. The number of aliphatic imine (C=N–C) groups is 1. The number of hydrogen-bond donors (Lipinski definition) is 4. The van der Waals surface area contributed by atoms with Crippen molar-refractivity contribution in [3.8, 4) is 0 Å². The molecule has 1 aromatic rings. The highest BCUT2D eigenvalue weighted by Crippen LogP contribution is 2.34. The number of nitrogens with two attached hydrogens (primary N) is 2. The lowest BCUT2D eigenvalue weighted by molar-refractivity contribution is -0.437. The van der Waals surface area contributed by atoms with Crippen LogP contribution in [0.2, 0.25) is 0 Å². The monoisotopic (exact) mass is 386 g/mol. The molecule has 1 aliphatic heterocycles. The van der Waals surface area contributed by atoms with E-state index in [-0.39, 0.29) is 5.70 Å². The van der Waals surface area contributed by atoms with Crippen LogP contribution in [0.25, 0.3) is 0 Å². The molecule has 0 radical (unpaired) electrons. The van der Waals surface area contributed by atoms with Gasteiger partial charge in [0.25, 0.3) is 0 Å². The fraction of sp³-hybridized carbons (Fsp3) is 0.550. The van der Waals surface area contributed by atoms with E-state index in [9.17, 15) is 10.1 Å². The standard InChI is InChI=1S/C20H30N6O2/c1-14-3-2-4-17(9-14)12-23-19-24-13-18(26(27)28)20(22,25-19)10-15-5-7-16(11-21)8-6-15/h2-4,9,13,15-16H,5-8,10-12,21-22H2,1H3,(H2,23,24,25). The number of guanidine groups is 1. The highest BCUT2D eigenvalue weighted by molar-refractivity contribution is 5.83. The average molecular weight is 387 g/mol. The average Bonchev–Trinajstić information content (AvgIpc) is 2.66. The third-order valence-electron chi connectivity index (χ3n) is 5.75. The summed E-state index contributed by atoms with van der Waals surface area (Å²) in [5.74, 6) is 1.35. The van der Waals surface area contributed by atoms with Gasteiger partial charge in [0.1, 0.15) is 0 Å². The molecule has 0 amide bonds. The number of nitrogens with one attached hydrogen (secondary N) is 2. The summed E-state index contributed by atoms with van der Waals surface area (Å²) in [5, 5.41) is 17.5. The molecule has 1 saturated carbocycles. The van der Waals surface area contributed by atoms with E-state index in [1.165, 1.54) is 11.8 Å². The summed E-state index contributed by atoms with van der Waals surface area (Å²) < 4.78 is 0. The zero-order valence-electron chi connectivity index (χ0n) is 16.4. The molecule has 3 rings (SSSR count). The van der Waals surface area contributed by atoms with Crippen molar-refractivity contribution in [2.45, 2.75) is 51.2 Å². The maximum Gasteiger partial charge on any atom is 0.301 e. The van der Waals surface area contributed by atoms with Crippen LogP contribution in [-0.2, 0) is 6.54 Å². The Labute approximate surface area is 165 Å². The van der Waals surface area contributed by atoms with Gasteiger partial charge in [-0.2, -0.15) is 0 Å². The molecule has 1 atom stereocenters. The first-order chi connectivity index (χ1) is 13.4. The molecule has 8 heteroatoms. The second-order valence-electron chi connectivity index (χ2n) is 8.01. The maximum atomic E-state index is 11.6. The number of nitrogens with zero attached hydrogens (tertiary/aromatic N) is 2. The van der Waals surface area contributed by atoms with Gasteiger partial charge in [0.05, 0.1) is 17.7 Å². The van der Waals surface area contributed by atoms with Gasteiger partial charge < -0.3 is 16.4 Å². The van der Waals surface area contributed by atoms with E-state index in [1.807, 2.05) is 25.1 Å². The summed E-state index contributed by atoms with van der Waals surface area (Å²) in [4.78, 5) is 15.7. The van der Waals surface area contributed by atoms with Crippen LogP contribution in [0.15, 0.2) is 41.2 Å². The molecule has 1 aliphatic carbocycles. The SMILES string of the molecule is Cc1cccc(CN=C2NC=C([N+](=O)[O-])C(N)(CC3CCC(CN)CC3)N2)c1. The summed E-state index contributed by atoms with van der Waals surface area (Å²) in [6.07, 6.45) is 5.98. The fourth-order valence-electron chi connectivity index (χ4n) is 4.14. The van der Waals surface area contributed by atoms with Crippen LogP contribution in [-0.4, -0.2) is 23.1 Å². The van der Waals surface area contributed by atoms with E-state index in [2.05, 4.69) is 21.7 Å². The lowest BCUT2D eigenvalue weighted by Gasteiger charge is -2.37. The first-order valence-corrected chi connectivity index (χ1v) is 9.88. The predicted octanol–water partition coefficient (Wildman–Crippen LogP) is 1.97. The zero-order valence-corrected chi connectivity index (χ0v) is 16.4. The molecule has 0 spiro atoms. The van der Waals surface area contributed by atoms with Crippen LogP contribution in [0.3, 0.4) is 0 Å². The van der Waals surface area contributed by atoms with Gasteiger partial charge in [-0.1, -0.05) is 29.8 Å². The number of benzene rings is 1. The Bertz CT molecular complexity index is 770. The van der Waals surface area contributed by atoms with E-state index in [1.54, 1.807) is 0 Å². The summed E-state index contributed by atoms with van der Waals surface area (Å²) in [7, 11) is 0. The smallest absolute Gasteiger partial charge is 0.301 e. The van der Waals surface area contributed by atoms with Crippen molar-refractivity contribution < 1.29 is 4.92 Å². The molecule has 0 aromatic heterocycles. The predicted molar refractivity (Wildman–Crippen MR) is 110 cm³/mol. The van der Waals surface area contributed by atoms with E-state index in [4.69, 9.17) is 11.5 Å². The Balaban J connectivity index is 1.72. The minimum atomic E-state index is -1.24. The van der Waals surface area contributed by atoms with E-state index >= 15 is 0 Å². The number of nitro groups is 1. The topological polar surface area (TPSA) is 132 Å². The number of hydrogen-bond acceptors (Lipinski definition) is 5. The van der Waals surface area contributed by atoms with Crippen molar-refractivity contribution in [3.05, 3.63) is 57.4 Å². The first-order valence-electron chi connectivity index (χ1n) is 9.88. The first kappa shape index (κ1) is 20.3. The molecule has 28 heavy (non-hydrogen) atoms. The number of rotatable bonds is 6. The van der Waals surface area contributed by atoms with Crippen molar-refractivity contribution in [2.75, 3.05) is 6.54 Å². The zero-order chi connectivity index (χ0) is 20.1. The summed E-state index contributed by atoms with van der Waals surface area (Å²) in [5.41, 5.74) is 13.2. The van der Waals surface area contributed by atoms with Crippen LogP contribution in [0.5, 0.6) is 0 Å². The highest BCUT2D eigenvalue weighted by Gasteiger charge is 2.44. The summed E-state index contributed by atoms with van der Waals surface area (Å²) in [6.45, 7) is 3.21. The Hall–Kier alpha value is -2.45. The van der Waals surface area contributed by atoms with Crippen LogP contribution < -0.4 is 22.1 Å². The van der Waals surface area contributed by atoms with Gasteiger partial charge in [-0.05, 0) is 63.0 Å². The van der Waals surface area contributed by atoms with Crippen LogP contribution in [0.4, 0.5) is 0 Å². The van der Waals surface area contributed by atoms with Crippen molar-refractivity contribution in [1.82, 2.24) is 10.6 Å². The van der Waals surface area contributed by atoms with Crippen LogP contribution >= 0.6 is 0 Å². The molecule has 8 nitrogen and oxygen atoms in total. The largest absolute Gasteiger partial charge is 0.330 e. The molecule has 0 saturated heterocycles. The molecule has 1 heterocycles. The lowest BCUT2D eigenvalue weighted by atomic mass is 9.77. The minimum Gasteiger partial charge on any atom is -0.330 e. The van der Waals surface area contributed by atoms with Gasteiger partial charge >= 0.3 is 5.70 Å². The molecule has 1 aromatic carbocycles. The molecule has 2 aliphatic rings. The molecule has 1 unspecified atom stereocenters. The Morgan fingerprint density at radius 2 is 2.00 bits per heavy atom. The third-order valence-corrected chi connectivity index (χ3v) is 5.75. The second kappa shape index (κ2) is 8.70. The van der Waals surface area contributed by atoms with E-state index < -0.39 is 10.6 Å². The van der Waals surface area contributed by atoms with Crippen molar-refractivity contribution in [3.63, 3.8) is 0 Å². The summed E-state index contributed by atoms with van der Waals surface area (Å²) in [6, 6.07) is 8.09. The Morgan fingerprint density at radius 3 is 2.64 bits per heavy atom. The van der Waals surface area contributed by atoms with Gasteiger partial charge in [-0.15, -0.1) is 0 Å². The van der Waals surface area contributed by atoms with Gasteiger partial charge in [0, 0.05) is 0 Å². The second-order valence-corrected chi connectivity index (χ2v) is 8.01. The lowest BCUT2D eigenvalue weighted by Crippen LogP contribution is -2.64. The van der Waals surface area contributed by atoms with E-state index in [0.717, 1.165) is 31.2 Å². The third kappa shape index (κ3) is 4.88. The quantitative estimate of drug-likeness (QED) is 0.437. The molecular weight excluding hydrogens is 356 g/mol. The van der Waals surface area contributed by atoms with Gasteiger partial charge in [0.2, 0.25) is 0 Å². The maximum absolute atomic E-state index is 11.6. The fourth-order valence-corrected chi connectivity index (χ4v) is 4.14. The van der Waals surface area contributed by atoms with Crippen molar-refractivity contribution in [1.29, 1.82) is 0 Å². The normalized spacial score (nSPS) is 29.0. The van der Waals surface area contributed by atoms with Gasteiger partial charge in [-0.3, -0.25) is 15.8 Å². The van der Waals surface area contributed by atoms with Gasteiger partial charge in [-0.25, -0.2) is 4.99 Å². The van der Waals surface area contributed by atoms with E-state index in [0.29, 0.717) is 37.3 Å². The van der Waals surface area contributed by atoms with Crippen molar-refractivity contribution >= 4 is 5.96 Å². The molecule has 152 valence electrons. The number of aryl methyl sites for hydroxylation is 1. The van der Waals surface area contributed by atoms with Crippen LogP contribution in [0.1, 0.15) is 43.2 Å². The Morgan fingerprint density at radius 1 is 1.29 bits per heavy atom. The molecule has 1 fully saturated rings. The molecule has 0 bridgehead atoms. The van der Waals surface area contributed by atoms with Gasteiger partial charge in [0.15, 0.2) is 11.6 Å².